The number of benzene rings is 2. The molecule has 0 heterocycles. The summed E-state index contributed by atoms with van der Waals surface area (Å²) in [6, 6.07) is 15.9. The van der Waals surface area contributed by atoms with Crippen molar-refractivity contribution in [1.82, 2.24) is 0 Å². The molecule has 86 valence electrons. The molecule has 0 saturated heterocycles. The quantitative estimate of drug-likeness (QED) is 0.747. The van der Waals surface area contributed by atoms with Crippen molar-refractivity contribution in [1.29, 1.82) is 0 Å². The fourth-order valence-corrected chi connectivity index (χ4v) is 2.01. The van der Waals surface area contributed by atoms with Crippen LogP contribution in [0.15, 0.2) is 48.5 Å². The van der Waals surface area contributed by atoms with E-state index >= 15 is 0 Å². The summed E-state index contributed by atoms with van der Waals surface area (Å²) in [4.78, 5) is 13.1. The van der Waals surface area contributed by atoms with Gasteiger partial charge in [0.05, 0.1) is 5.69 Å². The van der Waals surface area contributed by atoms with E-state index in [9.17, 15) is 4.79 Å². The summed E-state index contributed by atoms with van der Waals surface area (Å²) in [5, 5.41) is 0. The number of aldehydes is 1. The van der Waals surface area contributed by atoms with Crippen LogP contribution in [0.1, 0.15) is 10.4 Å². The molecule has 0 saturated carbocycles. The minimum absolute atomic E-state index is 0.719. The normalized spacial score (nSPS) is 10.0. The molecule has 0 atom stereocenters. The highest BCUT2D eigenvalue weighted by atomic mass is 16.1. The molecule has 0 aliphatic rings. The lowest BCUT2D eigenvalue weighted by Crippen LogP contribution is -2.12. The van der Waals surface area contributed by atoms with E-state index < -0.39 is 0 Å². The van der Waals surface area contributed by atoms with Crippen LogP contribution >= 0.6 is 0 Å². The zero-order valence-corrected chi connectivity index (χ0v) is 10.1. The van der Waals surface area contributed by atoms with Crippen LogP contribution in [0, 0.1) is 0 Å². The van der Waals surface area contributed by atoms with Gasteiger partial charge in [0.2, 0.25) is 0 Å². The van der Waals surface area contributed by atoms with E-state index in [1.54, 1.807) is 0 Å². The van der Waals surface area contributed by atoms with E-state index in [4.69, 9.17) is 0 Å². The molecule has 0 N–H and O–H groups in total. The SMILES string of the molecule is CN(C)c1c(C=O)cccc1-c1ccccc1. The highest BCUT2D eigenvalue weighted by Crippen LogP contribution is 2.31. The van der Waals surface area contributed by atoms with Gasteiger partial charge in [-0.2, -0.15) is 0 Å². The summed E-state index contributed by atoms with van der Waals surface area (Å²) < 4.78 is 0. The summed E-state index contributed by atoms with van der Waals surface area (Å²) in [7, 11) is 3.91. The van der Waals surface area contributed by atoms with E-state index in [1.165, 1.54) is 0 Å². The first-order valence-electron chi connectivity index (χ1n) is 5.55. The molecule has 0 amide bonds. The Bertz CT molecular complexity index is 518. The molecular formula is C15H15NO. The summed E-state index contributed by atoms with van der Waals surface area (Å²) in [6.45, 7) is 0. The second kappa shape index (κ2) is 4.83. The van der Waals surface area contributed by atoms with Crippen molar-refractivity contribution in [2.45, 2.75) is 0 Å². The first-order valence-corrected chi connectivity index (χ1v) is 5.55. The van der Waals surface area contributed by atoms with E-state index in [2.05, 4.69) is 12.1 Å². The monoisotopic (exact) mass is 225 g/mol. The maximum absolute atomic E-state index is 11.1. The van der Waals surface area contributed by atoms with Crippen LogP contribution in [0.3, 0.4) is 0 Å². The molecule has 0 aromatic heterocycles. The fraction of sp³-hybridized carbons (Fsp3) is 0.133. The molecule has 0 aliphatic heterocycles. The minimum Gasteiger partial charge on any atom is -0.377 e. The van der Waals surface area contributed by atoms with Gasteiger partial charge in [0, 0.05) is 25.2 Å². The summed E-state index contributed by atoms with van der Waals surface area (Å²) in [5.74, 6) is 0. The topological polar surface area (TPSA) is 20.3 Å². The molecule has 0 bridgehead atoms. The number of hydrogen-bond acceptors (Lipinski definition) is 2. The van der Waals surface area contributed by atoms with Crippen molar-refractivity contribution < 1.29 is 4.79 Å². The zero-order valence-electron chi connectivity index (χ0n) is 10.1. The van der Waals surface area contributed by atoms with Crippen LogP contribution in [-0.2, 0) is 0 Å². The van der Waals surface area contributed by atoms with Crippen LogP contribution in [0.2, 0.25) is 0 Å². The summed E-state index contributed by atoms with van der Waals surface area (Å²) in [6.07, 6.45) is 0.905. The predicted octanol–water partition coefficient (Wildman–Crippen LogP) is 3.23. The Hall–Kier alpha value is -2.09. The van der Waals surface area contributed by atoms with Crippen LogP contribution < -0.4 is 4.90 Å². The molecule has 2 aromatic carbocycles. The lowest BCUT2D eigenvalue weighted by Gasteiger charge is -2.19. The van der Waals surface area contributed by atoms with E-state index in [0.717, 1.165) is 28.7 Å². The summed E-state index contributed by atoms with van der Waals surface area (Å²) in [5.41, 5.74) is 3.89. The van der Waals surface area contributed by atoms with Gasteiger partial charge in [0.15, 0.2) is 6.29 Å². The van der Waals surface area contributed by atoms with Gasteiger partial charge >= 0.3 is 0 Å². The Morgan fingerprint density at radius 2 is 1.65 bits per heavy atom. The number of rotatable bonds is 3. The van der Waals surface area contributed by atoms with Crippen LogP contribution in [0.5, 0.6) is 0 Å². The average molecular weight is 225 g/mol. The third kappa shape index (κ3) is 2.21. The maximum Gasteiger partial charge on any atom is 0.152 e. The van der Waals surface area contributed by atoms with Gasteiger partial charge in [-0.1, -0.05) is 42.5 Å². The van der Waals surface area contributed by atoms with Crippen LogP contribution in [0.25, 0.3) is 11.1 Å². The van der Waals surface area contributed by atoms with Gasteiger partial charge in [-0.15, -0.1) is 0 Å². The number of hydrogen-bond donors (Lipinski definition) is 0. The number of nitrogens with zero attached hydrogens (tertiary/aromatic N) is 1. The molecule has 2 aromatic rings. The molecule has 0 fully saturated rings. The van der Waals surface area contributed by atoms with Gasteiger partial charge < -0.3 is 4.90 Å². The van der Waals surface area contributed by atoms with Crippen molar-refractivity contribution in [3.63, 3.8) is 0 Å². The molecule has 0 radical (unpaired) electrons. The molecule has 2 rings (SSSR count). The van der Waals surface area contributed by atoms with Crippen molar-refractivity contribution in [2.24, 2.45) is 0 Å². The highest BCUT2D eigenvalue weighted by Gasteiger charge is 2.10. The van der Waals surface area contributed by atoms with E-state index in [1.807, 2.05) is 55.4 Å². The van der Waals surface area contributed by atoms with Gasteiger partial charge in [-0.25, -0.2) is 0 Å². The number of para-hydroxylation sites is 1. The lowest BCUT2D eigenvalue weighted by molar-refractivity contribution is 0.112. The number of anilines is 1. The minimum atomic E-state index is 0.719. The largest absolute Gasteiger partial charge is 0.377 e. The Labute approximate surface area is 102 Å². The summed E-state index contributed by atoms with van der Waals surface area (Å²) >= 11 is 0. The van der Waals surface area contributed by atoms with Crippen molar-refractivity contribution in [2.75, 3.05) is 19.0 Å². The van der Waals surface area contributed by atoms with Crippen molar-refractivity contribution in [3.05, 3.63) is 54.1 Å². The van der Waals surface area contributed by atoms with E-state index in [0.29, 0.717) is 0 Å². The fourth-order valence-electron chi connectivity index (χ4n) is 2.01. The Morgan fingerprint density at radius 1 is 0.941 bits per heavy atom. The lowest BCUT2D eigenvalue weighted by atomic mass is 10.00. The maximum atomic E-state index is 11.1. The standard InChI is InChI=1S/C15H15NO/c1-16(2)15-13(11-17)9-6-10-14(15)12-7-4-3-5-8-12/h3-11H,1-2H3. The van der Waals surface area contributed by atoms with Gasteiger partial charge in [0.1, 0.15) is 0 Å². The van der Waals surface area contributed by atoms with Gasteiger partial charge in [0.25, 0.3) is 0 Å². The first-order chi connectivity index (χ1) is 8.24. The van der Waals surface area contributed by atoms with Gasteiger partial charge in [-0.05, 0) is 11.6 Å². The molecule has 0 aliphatic carbocycles. The highest BCUT2D eigenvalue weighted by molar-refractivity contribution is 5.92. The van der Waals surface area contributed by atoms with Crippen molar-refractivity contribution in [3.8, 4) is 11.1 Å². The third-order valence-electron chi connectivity index (χ3n) is 2.73. The van der Waals surface area contributed by atoms with Crippen LogP contribution in [0.4, 0.5) is 5.69 Å². The van der Waals surface area contributed by atoms with Gasteiger partial charge in [-0.3, -0.25) is 4.79 Å². The predicted molar refractivity (Wildman–Crippen MR) is 71.6 cm³/mol. The Balaban J connectivity index is 2.66. The molecule has 2 nitrogen and oxygen atoms in total. The molecule has 17 heavy (non-hydrogen) atoms. The first kappa shape index (κ1) is 11.4. The molecule has 0 spiro atoms. The Morgan fingerprint density at radius 3 is 2.24 bits per heavy atom. The van der Waals surface area contributed by atoms with Crippen molar-refractivity contribution >= 4 is 12.0 Å². The number of carbonyl (C=O) groups is 1. The smallest absolute Gasteiger partial charge is 0.152 e. The molecule has 0 unspecified atom stereocenters. The second-order valence-corrected chi connectivity index (χ2v) is 4.12. The number of carbonyl (C=O) groups excluding carboxylic acids is 1. The average Bonchev–Trinajstić information content (AvgIpc) is 2.38. The molecule has 2 heteroatoms. The van der Waals surface area contributed by atoms with E-state index in [-0.39, 0.29) is 0 Å². The Kier molecular flexibility index (Phi) is 3.24. The van der Waals surface area contributed by atoms with Crippen LogP contribution in [-0.4, -0.2) is 20.4 Å². The molecular weight excluding hydrogens is 210 g/mol. The zero-order chi connectivity index (χ0) is 12.3. The third-order valence-corrected chi connectivity index (χ3v) is 2.73. The second-order valence-electron chi connectivity index (χ2n) is 4.12.